The average Bonchev–Trinajstić information content (AvgIpc) is 3.04. The number of benzene rings is 2. The average molecular weight is 334 g/mol. The molecule has 0 N–H and O–H groups in total. The van der Waals surface area contributed by atoms with Crippen molar-refractivity contribution >= 4 is 5.97 Å². The third-order valence-corrected chi connectivity index (χ3v) is 3.98. The number of carbonyl (C=O) groups excluding carboxylic acids is 1. The highest BCUT2D eigenvalue weighted by atomic mass is 16.5. The van der Waals surface area contributed by atoms with E-state index >= 15 is 0 Å². The Morgan fingerprint density at radius 2 is 1.72 bits per heavy atom. The summed E-state index contributed by atoms with van der Waals surface area (Å²) in [6, 6.07) is 20.3. The Balaban J connectivity index is 1.84. The van der Waals surface area contributed by atoms with Gasteiger partial charge in [-0.2, -0.15) is 5.10 Å². The number of nitrogens with zero attached hydrogens (tertiary/aromatic N) is 2. The number of hydrogen-bond donors (Lipinski definition) is 0. The lowest BCUT2D eigenvalue weighted by molar-refractivity contribution is -0.143. The Hall–Kier alpha value is -2.88. The fourth-order valence-electron chi connectivity index (χ4n) is 2.81. The molecule has 0 saturated heterocycles. The summed E-state index contributed by atoms with van der Waals surface area (Å²) in [6.45, 7) is 2.95. The second-order valence-corrected chi connectivity index (χ2v) is 5.86. The molecule has 0 bridgehead atoms. The molecule has 25 heavy (non-hydrogen) atoms. The van der Waals surface area contributed by atoms with Crippen molar-refractivity contribution in [3.05, 3.63) is 78.0 Å². The molecule has 0 aliphatic rings. The van der Waals surface area contributed by atoms with E-state index in [2.05, 4.69) is 12.1 Å². The Labute approximate surface area is 148 Å². The maximum absolute atomic E-state index is 11.7. The van der Waals surface area contributed by atoms with Crippen molar-refractivity contribution in [2.75, 3.05) is 6.61 Å². The van der Waals surface area contributed by atoms with Crippen LogP contribution in [0.1, 0.15) is 24.5 Å². The fraction of sp³-hybridized carbons (Fsp3) is 0.238. The summed E-state index contributed by atoms with van der Waals surface area (Å²) >= 11 is 0. The van der Waals surface area contributed by atoms with Crippen molar-refractivity contribution in [3.8, 4) is 11.3 Å². The summed E-state index contributed by atoms with van der Waals surface area (Å²) in [5.74, 6) is -0.169. The van der Waals surface area contributed by atoms with Crippen molar-refractivity contribution in [1.29, 1.82) is 0 Å². The predicted octanol–water partition coefficient (Wildman–Crippen LogP) is 4.09. The molecule has 3 rings (SSSR count). The van der Waals surface area contributed by atoms with E-state index in [0.717, 1.165) is 16.8 Å². The number of carbonyl (C=O) groups is 1. The summed E-state index contributed by atoms with van der Waals surface area (Å²) in [4.78, 5) is 11.7. The standard InChI is InChI=1S/C21H22N2O2/c1-2-25-20(24)14-13-19-16-23(15-17-9-5-3-6-10-17)22-21(19)18-11-7-4-8-12-18/h3-12,16H,2,13-15H2,1H3. The van der Waals surface area contributed by atoms with Crippen molar-refractivity contribution in [2.24, 2.45) is 0 Å². The Bertz CT molecular complexity index is 810. The first-order valence-electron chi connectivity index (χ1n) is 8.57. The van der Waals surface area contributed by atoms with Crippen molar-refractivity contribution in [2.45, 2.75) is 26.3 Å². The van der Waals surface area contributed by atoms with Crippen LogP contribution in [0.2, 0.25) is 0 Å². The van der Waals surface area contributed by atoms with Gasteiger partial charge in [-0.3, -0.25) is 9.48 Å². The van der Waals surface area contributed by atoms with Crippen LogP contribution < -0.4 is 0 Å². The van der Waals surface area contributed by atoms with E-state index in [-0.39, 0.29) is 5.97 Å². The zero-order valence-corrected chi connectivity index (χ0v) is 14.4. The number of ether oxygens (including phenoxy) is 1. The van der Waals surface area contributed by atoms with Gasteiger partial charge in [0, 0.05) is 18.2 Å². The smallest absolute Gasteiger partial charge is 0.306 e. The van der Waals surface area contributed by atoms with Crippen LogP contribution in [-0.2, 0) is 22.5 Å². The maximum atomic E-state index is 11.7. The molecule has 3 aromatic rings. The van der Waals surface area contributed by atoms with Crippen LogP contribution in [0.25, 0.3) is 11.3 Å². The summed E-state index contributed by atoms with van der Waals surface area (Å²) in [5.41, 5.74) is 4.26. The van der Waals surface area contributed by atoms with E-state index in [1.807, 2.05) is 66.3 Å². The van der Waals surface area contributed by atoms with E-state index in [1.54, 1.807) is 0 Å². The van der Waals surface area contributed by atoms with Crippen molar-refractivity contribution < 1.29 is 9.53 Å². The van der Waals surface area contributed by atoms with Gasteiger partial charge in [0.2, 0.25) is 0 Å². The van der Waals surface area contributed by atoms with E-state index in [4.69, 9.17) is 9.84 Å². The number of aromatic nitrogens is 2. The first-order valence-corrected chi connectivity index (χ1v) is 8.57. The van der Waals surface area contributed by atoms with Gasteiger partial charge in [0.25, 0.3) is 0 Å². The number of esters is 1. The third kappa shape index (κ3) is 4.57. The Kier molecular flexibility index (Phi) is 5.62. The van der Waals surface area contributed by atoms with Crippen LogP contribution in [0.5, 0.6) is 0 Å². The topological polar surface area (TPSA) is 44.1 Å². The highest BCUT2D eigenvalue weighted by molar-refractivity contribution is 5.70. The van der Waals surface area contributed by atoms with E-state index in [0.29, 0.717) is 26.0 Å². The minimum Gasteiger partial charge on any atom is -0.466 e. The van der Waals surface area contributed by atoms with Gasteiger partial charge in [-0.1, -0.05) is 60.7 Å². The third-order valence-electron chi connectivity index (χ3n) is 3.98. The number of rotatable bonds is 7. The van der Waals surface area contributed by atoms with Crippen LogP contribution in [-0.4, -0.2) is 22.4 Å². The summed E-state index contributed by atoms with van der Waals surface area (Å²) in [6.07, 6.45) is 3.02. The lowest BCUT2D eigenvalue weighted by Gasteiger charge is -2.03. The molecule has 0 unspecified atom stereocenters. The van der Waals surface area contributed by atoms with Gasteiger partial charge in [-0.05, 0) is 24.5 Å². The van der Waals surface area contributed by atoms with Gasteiger partial charge in [0.05, 0.1) is 18.8 Å². The molecular weight excluding hydrogens is 312 g/mol. The zero-order chi connectivity index (χ0) is 17.5. The van der Waals surface area contributed by atoms with Gasteiger partial charge >= 0.3 is 5.97 Å². The molecular formula is C21H22N2O2. The molecule has 1 aromatic heterocycles. The molecule has 0 aliphatic heterocycles. The molecule has 0 spiro atoms. The highest BCUT2D eigenvalue weighted by Gasteiger charge is 2.13. The summed E-state index contributed by atoms with van der Waals surface area (Å²) < 4.78 is 6.99. The lowest BCUT2D eigenvalue weighted by Crippen LogP contribution is -2.05. The summed E-state index contributed by atoms with van der Waals surface area (Å²) in [7, 11) is 0. The Morgan fingerprint density at radius 1 is 1.04 bits per heavy atom. The molecule has 0 radical (unpaired) electrons. The van der Waals surface area contributed by atoms with Crippen LogP contribution in [0.15, 0.2) is 66.9 Å². The van der Waals surface area contributed by atoms with Crippen LogP contribution in [0, 0.1) is 0 Å². The highest BCUT2D eigenvalue weighted by Crippen LogP contribution is 2.23. The first kappa shape index (κ1) is 17.0. The molecule has 0 amide bonds. The largest absolute Gasteiger partial charge is 0.466 e. The molecule has 1 heterocycles. The van der Waals surface area contributed by atoms with Crippen molar-refractivity contribution in [1.82, 2.24) is 9.78 Å². The quantitative estimate of drug-likeness (QED) is 0.611. The van der Waals surface area contributed by atoms with Crippen LogP contribution >= 0.6 is 0 Å². The van der Waals surface area contributed by atoms with Gasteiger partial charge in [0.15, 0.2) is 0 Å². The van der Waals surface area contributed by atoms with Crippen LogP contribution in [0.3, 0.4) is 0 Å². The minimum absolute atomic E-state index is 0.169. The molecule has 128 valence electrons. The normalized spacial score (nSPS) is 10.6. The van der Waals surface area contributed by atoms with Gasteiger partial charge in [-0.15, -0.1) is 0 Å². The zero-order valence-electron chi connectivity index (χ0n) is 14.4. The fourth-order valence-corrected chi connectivity index (χ4v) is 2.81. The molecule has 0 saturated carbocycles. The molecule has 0 fully saturated rings. The molecule has 0 aliphatic carbocycles. The van der Waals surface area contributed by atoms with Gasteiger partial charge in [-0.25, -0.2) is 0 Å². The lowest BCUT2D eigenvalue weighted by atomic mass is 10.0. The van der Waals surface area contributed by atoms with E-state index in [9.17, 15) is 4.79 Å². The second-order valence-electron chi connectivity index (χ2n) is 5.86. The minimum atomic E-state index is -0.169. The van der Waals surface area contributed by atoms with Gasteiger partial charge < -0.3 is 4.74 Å². The predicted molar refractivity (Wildman–Crippen MR) is 98.2 cm³/mol. The SMILES string of the molecule is CCOC(=O)CCc1cn(Cc2ccccc2)nc1-c1ccccc1. The summed E-state index contributed by atoms with van der Waals surface area (Å²) in [5, 5.41) is 4.76. The monoisotopic (exact) mass is 334 g/mol. The van der Waals surface area contributed by atoms with Crippen molar-refractivity contribution in [3.63, 3.8) is 0 Å². The second kappa shape index (κ2) is 8.29. The molecule has 2 aromatic carbocycles. The molecule has 4 heteroatoms. The molecule has 4 nitrogen and oxygen atoms in total. The maximum Gasteiger partial charge on any atom is 0.306 e. The van der Waals surface area contributed by atoms with E-state index in [1.165, 1.54) is 5.56 Å². The number of aryl methyl sites for hydroxylation is 1. The number of hydrogen-bond acceptors (Lipinski definition) is 3. The van der Waals surface area contributed by atoms with E-state index < -0.39 is 0 Å². The van der Waals surface area contributed by atoms with Gasteiger partial charge in [0.1, 0.15) is 0 Å². The van der Waals surface area contributed by atoms with Crippen LogP contribution in [0.4, 0.5) is 0 Å². The first-order chi connectivity index (χ1) is 12.3. The molecule has 0 atom stereocenters. The Morgan fingerprint density at radius 3 is 2.40 bits per heavy atom.